The summed E-state index contributed by atoms with van der Waals surface area (Å²) < 4.78 is 97.0. The molecule has 0 saturated heterocycles. The molecule has 472 valence electrons. The van der Waals surface area contributed by atoms with Crippen molar-refractivity contribution in [2.24, 2.45) is 55.8 Å². The smallest absolute Gasteiger partial charge is 0.201 e. The van der Waals surface area contributed by atoms with Gasteiger partial charge in [-0.15, -0.1) is 0 Å². The topological polar surface area (TPSA) is 15.5 Å². The number of nitrogens with zero attached hydrogens (tertiary/aromatic N) is 4. The molecular formula is C84H120N4+4. The molecule has 0 amide bonds. The molecule has 0 aliphatic rings. The van der Waals surface area contributed by atoms with Crippen LogP contribution in [0.1, 0.15) is 215 Å². The minimum atomic E-state index is -2.20. The zero-order valence-corrected chi connectivity index (χ0v) is 59.6. The molecule has 0 aliphatic carbocycles. The Hall–Kier alpha value is -6.52. The first kappa shape index (κ1) is 56.7. The van der Waals surface area contributed by atoms with Crippen molar-refractivity contribution in [3.8, 4) is 45.0 Å². The molecule has 0 atom stereocenters. The van der Waals surface area contributed by atoms with Crippen LogP contribution in [0.5, 0.6) is 0 Å². The molecule has 0 aliphatic heterocycles. The zero-order valence-electron chi connectivity index (χ0n) is 70.6. The van der Waals surface area contributed by atoms with Crippen LogP contribution in [-0.4, -0.2) is 0 Å². The van der Waals surface area contributed by atoms with Crippen LogP contribution in [0.25, 0.3) is 45.0 Å². The van der Waals surface area contributed by atoms with Gasteiger partial charge in [0.25, 0.3) is 0 Å². The highest BCUT2D eigenvalue weighted by Gasteiger charge is 2.26. The van der Waals surface area contributed by atoms with Crippen LogP contribution in [-0.2, 0) is 60.2 Å². The fourth-order valence-electron chi connectivity index (χ4n) is 11.4. The van der Waals surface area contributed by atoms with Crippen LogP contribution < -0.4 is 18.3 Å². The summed E-state index contributed by atoms with van der Waals surface area (Å²) in [7, 11) is 8.09. The first-order valence-electron chi connectivity index (χ1n) is 37.3. The number of aromatic nitrogens is 4. The van der Waals surface area contributed by atoms with E-state index >= 15 is 0 Å². The lowest BCUT2D eigenvalue weighted by Gasteiger charge is -2.24. The highest BCUT2D eigenvalue weighted by atomic mass is 14.9. The van der Waals surface area contributed by atoms with Crippen molar-refractivity contribution in [3.63, 3.8) is 0 Å². The standard InChI is InChI=1S/C24H36N.C23H34N.C20H28N.C17H22N/c1-17-10-11-21(18(2)12-17)22-13-19(14-23(3,4)5)20(16-25(22)9)15-24(6,7)8;1-16(2)11-19-13-22(21-10-9-17(3)12-18(21)4)24(8)15-20(19)14-23(5,6)7;1-14-8-9-18(16(3)10-14)19-11-15(2)17(13-21(19)7)12-20(4,5)6;1-12(2)15-7-9-17(18(5)11-15)16-8-6-13(3)10-14(16)4/h10-13,16H,14-15H2,1-9H3;9-10,12-13,15-16H,11,14H2,1-8H3;8-11,13H,12H2,1-7H3;6-12H,1-5H3/q4*+1/i;3D3,11D2,14D2;;3D3,12D. The van der Waals surface area contributed by atoms with Crippen molar-refractivity contribution in [1.82, 2.24) is 0 Å². The molecule has 8 rings (SSSR count). The number of pyridine rings is 4. The van der Waals surface area contributed by atoms with Crippen LogP contribution in [0.15, 0.2) is 128 Å². The fourth-order valence-corrected chi connectivity index (χ4v) is 11.4. The third kappa shape index (κ3) is 21.6. The molecule has 4 heteroatoms. The maximum atomic E-state index is 8.82. The summed E-state index contributed by atoms with van der Waals surface area (Å²) in [5.74, 6) is -1.00. The minimum absolute atomic E-state index is 0.259. The van der Waals surface area contributed by atoms with E-state index in [0.717, 1.165) is 52.8 Å². The fraction of sp³-hybridized carbons (Fsp3) is 0.476. The van der Waals surface area contributed by atoms with Crippen molar-refractivity contribution in [2.75, 3.05) is 0 Å². The summed E-state index contributed by atoms with van der Waals surface area (Å²) in [5, 5.41) is 0. The second-order valence-corrected chi connectivity index (χ2v) is 30.4. The molecule has 0 bridgehead atoms. The summed E-state index contributed by atoms with van der Waals surface area (Å²) in [6.45, 7) is 44.0. The van der Waals surface area contributed by atoms with Crippen molar-refractivity contribution < 1.29 is 33.3 Å². The number of benzene rings is 4. The number of aryl methyl sites for hydroxylation is 13. The Bertz CT molecular complexity index is 4090. The lowest BCUT2D eigenvalue weighted by molar-refractivity contribution is -0.661. The van der Waals surface area contributed by atoms with E-state index in [2.05, 4.69) is 181 Å². The monoisotopic (exact) mass is 1200 g/mol. The maximum Gasteiger partial charge on any atom is 0.212 e. The Morgan fingerprint density at radius 2 is 0.716 bits per heavy atom. The van der Waals surface area contributed by atoms with Crippen LogP contribution >= 0.6 is 0 Å². The summed E-state index contributed by atoms with van der Waals surface area (Å²) in [6.07, 6.45) is 8.13. The Morgan fingerprint density at radius 1 is 0.364 bits per heavy atom. The molecule has 4 aromatic carbocycles. The molecule has 0 fully saturated rings. The van der Waals surface area contributed by atoms with E-state index in [-0.39, 0.29) is 16.9 Å². The molecule has 0 unspecified atom stereocenters. The Labute approximate surface area is 554 Å². The van der Waals surface area contributed by atoms with Crippen LogP contribution in [0.2, 0.25) is 0 Å². The van der Waals surface area contributed by atoms with Gasteiger partial charge < -0.3 is 0 Å². The number of hydrogen-bond acceptors (Lipinski definition) is 0. The van der Waals surface area contributed by atoms with E-state index < -0.39 is 37.8 Å². The van der Waals surface area contributed by atoms with Gasteiger partial charge >= 0.3 is 0 Å². The quantitative estimate of drug-likeness (QED) is 0.115. The zero-order chi connectivity index (χ0) is 75.6. The van der Waals surface area contributed by atoms with Gasteiger partial charge in [-0.3, -0.25) is 0 Å². The Balaban J connectivity index is 0.000000241. The summed E-state index contributed by atoms with van der Waals surface area (Å²) in [5.41, 5.74) is 24.0. The average molecular weight is 1200 g/mol. The molecule has 0 saturated carbocycles. The van der Waals surface area contributed by atoms with E-state index in [9.17, 15) is 0 Å². The predicted octanol–water partition coefficient (Wildman–Crippen LogP) is 20.2. The van der Waals surface area contributed by atoms with Crippen molar-refractivity contribution >= 4 is 0 Å². The Kier molecular flexibility index (Phi) is 19.2. The van der Waals surface area contributed by atoms with Crippen LogP contribution in [0.3, 0.4) is 0 Å². The van der Waals surface area contributed by atoms with Crippen molar-refractivity contribution in [1.29, 1.82) is 0 Å². The van der Waals surface area contributed by atoms with Crippen molar-refractivity contribution in [2.45, 2.75) is 211 Å². The molecule has 0 radical (unpaired) electrons. The summed E-state index contributed by atoms with van der Waals surface area (Å²) in [4.78, 5) is 0. The normalized spacial score (nSPS) is 14.5. The van der Waals surface area contributed by atoms with Crippen LogP contribution in [0.4, 0.5) is 0 Å². The van der Waals surface area contributed by atoms with E-state index in [1.165, 1.54) is 67.0 Å². The molecule has 4 aromatic heterocycles. The SMILES string of the molecule is Cc1ccc(-c2cc(C)c(CC(C)(C)C)c[n+]2C)c(C)c1.Cc1ccc(-c2cc(CC(C)(C)C)c(CC(C)(C)C)c[n+]2C)c(C)c1.[2H]C([2H])([2H])c1ccc(-c2cc(C([2H])([2H])C(C)C)c(C([2H])([2H])C(C)(C)C)c[n+]2C)c(C)c1.[2H]C([2H])([2H])c1ccc(-c2ccc(C([2H])(C)C)c[n+]2C)c(C)c1. The first-order chi connectivity index (χ1) is 44.8. The lowest BCUT2D eigenvalue weighted by atomic mass is 9.81. The van der Waals surface area contributed by atoms with Gasteiger partial charge in [-0.05, 0) is 197 Å². The highest BCUT2D eigenvalue weighted by molar-refractivity contribution is 5.65. The highest BCUT2D eigenvalue weighted by Crippen LogP contribution is 2.33. The molecule has 0 N–H and O–H groups in total. The largest absolute Gasteiger partial charge is 0.212 e. The third-order valence-electron chi connectivity index (χ3n) is 15.5. The van der Waals surface area contributed by atoms with Gasteiger partial charge in [0.15, 0.2) is 24.8 Å². The van der Waals surface area contributed by atoms with Gasteiger partial charge in [0.1, 0.15) is 28.2 Å². The predicted molar refractivity (Wildman–Crippen MR) is 380 cm³/mol. The molecular weight excluding hydrogens is 1060 g/mol. The van der Waals surface area contributed by atoms with Gasteiger partial charge in [-0.2, -0.15) is 0 Å². The summed E-state index contributed by atoms with van der Waals surface area (Å²) >= 11 is 0. The number of hydrogen-bond donors (Lipinski definition) is 0. The minimum Gasteiger partial charge on any atom is -0.201 e. The first-order valence-corrected chi connectivity index (χ1v) is 31.8. The molecule has 0 spiro atoms. The lowest BCUT2D eigenvalue weighted by Crippen LogP contribution is -2.33. The van der Waals surface area contributed by atoms with Gasteiger partial charge in [0, 0.05) is 83.9 Å². The Morgan fingerprint density at radius 3 is 1.10 bits per heavy atom. The third-order valence-corrected chi connectivity index (χ3v) is 15.5. The van der Waals surface area contributed by atoms with E-state index in [1.54, 1.807) is 61.0 Å². The molecule has 88 heavy (non-hydrogen) atoms. The molecule has 8 aromatic rings. The van der Waals surface area contributed by atoms with Gasteiger partial charge in [-0.1, -0.05) is 182 Å². The van der Waals surface area contributed by atoms with Crippen molar-refractivity contribution in [3.05, 3.63) is 211 Å². The van der Waals surface area contributed by atoms with E-state index in [1.807, 2.05) is 91.5 Å². The summed E-state index contributed by atoms with van der Waals surface area (Å²) in [6, 6.07) is 34.1. The second-order valence-electron chi connectivity index (χ2n) is 30.4. The second kappa shape index (κ2) is 29.9. The van der Waals surface area contributed by atoms with Gasteiger partial charge in [0.2, 0.25) is 22.8 Å². The molecule has 4 nitrogen and oxygen atoms in total. The number of rotatable bonds is 11. The average Bonchev–Trinajstić information content (AvgIpc) is 0.723. The molecule has 4 heterocycles. The van der Waals surface area contributed by atoms with E-state index in [0.29, 0.717) is 33.2 Å². The van der Waals surface area contributed by atoms with E-state index in [4.69, 9.17) is 15.1 Å². The van der Waals surface area contributed by atoms with Crippen LogP contribution in [0, 0.1) is 89.7 Å². The maximum absolute atomic E-state index is 8.82. The van der Waals surface area contributed by atoms with Gasteiger partial charge in [-0.25, -0.2) is 18.3 Å². The van der Waals surface area contributed by atoms with Gasteiger partial charge in [0.05, 0.1) is 0 Å².